The molecule has 10 heteroatoms. The van der Waals surface area contributed by atoms with Crippen molar-refractivity contribution in [1.82, 2.24) is 19.6 Å². The van der Waals surface area contributed by atoms with Crippen molar-refractivity contribution >= 4 is 30.3 Å². The van der Waals surface area contributed by atoms with Crippen LogP contribution >= 0.6 is 12.4 Å². The molecule has 2 bridgehead atoms. The second-order valence-electron chi connectivity index (χ2n) is 12.7. The molecule has 0 aromatic heterocycles. The molecule has 1 aliphatic carbocycles. The first-order valence-corrected chi connectivity index (χ1v) is 15.3. The molecule has 5 fully saturated rings. The van der Waals surface area contributed by atoms with Crippen molar-refractivity contribution in [2.75, 3.05) is 32.7 Å². The van der Waals surface area contributed by atoms with Crippen molar-refractivity contribution in [2.45, 2.75) is 94.7 Å². The third-order valence-electron chi connectivity index (χ3n) is 10.7. The molecule has 2 unspecified atom stereocenters. The fourth-order valence-electron chi connectivity index (χ4n) is 8.64. The Morgan fingerprint density at radius 1 is 0.927 bits per heavy atom. The highest BCUT2D eigenvalue weighted by atomic mass is 35.5. The van der Waals surface area contributed by atoms with Crippen molar-refractivity contribution in [1.29, 1.82) is 0 Å². The van der Waals surface area contributed by atoms with E-state index in [4.69, 9.17) is 0 Å². The number of likely N-dealkylation sites (tertiary alicyclic amines) is 1. The molecule has 4 atom stereocenters. The topological polar surface area (TPSA) is 64.2 Å². The van der Waals surface area contributed by atoms with Crippen LogP contribution < -0.4 is 0 Å². The molecular formula is C31H43ClF2N4O3. The van der Waals surface area contributed by atoms with E-state index < -0.39 is 11.5 Å². The van der Waals surface area contributed by atoms with E-state index in [0.717, 1.165) is 19.4 Å². The lowest BCUT2D eigenvalue weighted by atomic mass is 9.80. The Hall–Kier alpha value is -2.26. The van der Waals surface area contributed by atoms with Crippen LogP contribution in [0.25, 0.3) is 0 Å². The number of benzene rings is 1. The summed E-state index contributed by atoms with van der Waals surface area (Å²) in [6.07, 6.45) is 3.48. The smallest absolute Gasteiger partial charge is 0.327 e. The lowest BCUT2D eigenvalue weighted by Gasteiger charge is -2.47. The number of nitrogens with zero attached hydrogens (tertiary/aromatic N) is 4. The Labute approximate surface area is 248 Å². The SMILES string of the molecule is CCN1C(=O)N(CC)C2(CC3CCC(C2)N3C[C@H]2CN(C(=O)C3CCC(F)(F)CC3)C[C@@H]2c2ccccc2)C1=O.Cl. The summed E-state index contributed by atoms with van der Waals surface area (Å²) < 4.78 is 27.5. The summed E-state index contributed by atoms with van der Waals surface area (Å²) in [6, 6.07) is 10.6. The maximum Gasteiger partial charge on any atom is 0.327 e. The lowest BCUT2D eigenvalue weighted by Crippen LogP contribution is -2.60. The van der Waals surface area contributed by atoms with Crippen LogP contribution in [-0.2, 0) is 9.59 Å². The quantitative estimate of drug-likeness (QED) is 0.429. The second kappa shape index (κ2) is 11.4. The maximum absolute atomic E-state index is 13.8. The number of fused-ring (bicyclic) bond motifs is 2. The van der Waals surface area contributed by atoms with E-state index in [0.29, 0.717) is 39.0 Å². The zero-order valence-corrected chi connectivity index (χ0v) is 25.0. The minimum absolute atomic E-state index is 0. The van der Waals surface area contributed by atoms with Gasteiger partial charge in [-0.05, 0) is 63.9 Å². The minimum Gasteiger partial charge on any atom is -0.341 e. The number of carbonyl (C=O) groups excluding carboxylic acids is 3. The highest BCUT2D eigenvalue weighted by molar-refractivity contribution is 6.07. The largest absolute Gasteiger partial charge is 0.341 e. The summed E-state index contributed by atoms with van der Waals surface area (Å²) in [5.74, 6) is -2.54. The summed E-state index contributed by atoms with van der Waals surface area (Å²) >= 11 is 0. The van der Waals surface area contributed by atoms with Gasteiger partial charge in [0.15, 0.2) is 0 Å². The van der Waals surface area contributed by atoms with Gasteiger partial charge in [0.1, 0.15) is 5.54 Å². The lowest BCUT2D eigenvalue weighted by molar-refractivity contribution is -0.139. The highest BCUT2D eigenvalue weighted by Crippen LogP contribution is 2.48. The normalized spacial score (nSPS) is 33.6. The molecule has 7 nitrogen and oxygen atoms in total. The van der Waals surface area contributed by atoms with Crippen LogP contribution in [0.5, 0.6) is 0 Å². The Bertz CT molecular complexity index is 1130. The third kappa shape index (κ3) is 5.15. The van der Waals surface area contributed by atoms with E-state index in [1.54, 1.807) is 0 Å². The molecule has 0 radical (unpaired) electrons. The number of alkyl halides is 2. The van der Waals surface area contributed by atoms with Crippen LogP contribution in [0.2, 0.25) is 0 Å². The fraction of sp³-hybridized carbons (Fsp3) is 0.710. The zero-order valence-electron chi connectivity index (χ0n) is 24.1. The number of rotatable bonds is 6. The number of piperidine rings is 1. The molecule has 4 aliphatic heterocycles. The van der Waals surface area contributed by atoms with Crippen LogP contribution in [0.1, 0.15) is 76.7 Å². The van der Waals surface area contributed by atoms with Gasteiger partial charge in [-0.3, -0.25) is 19.4 Å². The number of imide groups is 1. The monoisotopic (exact) mass is 592 g/mol. The zero-order chi connectivity index (χ0) is 28.2. The van der Waals surface area contributed by atoms with Gasteiger partial charge in [-0.2, -0.15) is 0 Å². The van der Waals surface area contributed by atoms with E-state index in [9.17, 15) is 23.2 Å². The van der Waals surface area contributed by atoms with E-state index in [1.807, 2.05) is 41.8 Å². The van der Waals surface area contributed by atoms with Gasteiger partial charge in [-0.15, -0.1) is 12.4 Å². The van der Waals surface area contributed by atoms with Crippen molar-refractivity contribution < 1.29 is 23.2 Å². The van der Waals surface area contributed by atoms with Crippen LogP contribution in [-0.4, -0.2) is 93.7 Å². The van der Waals surface area contributed by atoms with Gasteiger partial charge < -0.3 is 9.80 Å². The van der Waals surface area contributed by atoms with Crippen molar-refractivity contribution in [3.05, 3.63) is 35.9 Å². The second-order valence-corrected chi connectivity index (χ2v) is 12.7. The summed E-state index contributed by atoms with van der Waals surface area (Å²) in [5.41, 5.74) is 0.482. The number of hydrogen-bond donors (Lipinski definition) is 0. The number of halogens is 3. The summed E-state index contributed by atoms with van der Waals surface area (Å²) in [7, 11) is 0. The van der Waals surface area contributed by atoms with Gasteiger partial charge in [-0.1, -0.05) is 30.3 Å². The summed E-state index contributed by atoms with van der Waals surface area (Å²) in [5, 5.41) is 0. The standard InChI is InChI=1S/C31H42F2N4O3.ClH/c1-3-35-28(39)30(37(4-2)29(35)40)16-24-10-11-25(17-30)36(24)19-23-18-34(20-26(23)21-8-6-5-7-9-21)27(38)22-12-14-31(32,33)15-13-22;/h5-9,22-26H,3-4,10-20H2,1-2H3;1H/t23-,24?,25?,26-,30?;/m1./s1. The van der Waals surface area contributed by atoms with Gasteiger partial charge in [0.25, 0.3) is 5.91 Å². The number of likely N-dealkylation sites (N-methyl/N-ethyl adjacent to an activating group) is 2. The molecule has 1 spiro atoms. The predicted octanol–water partition coefficient (Wildman–Crippen LogP) is 5.15. The average Bonchev–Trinajstić information content (AvgIpc) is 3.53. The molecule has 0 N–H and O–H groups in total. The van der Waals surface area contributed by atoms with Gasteiger partial charge in [-0.25, -0.2) is 13.6 Å². The van der Waals surface area contributed by atoms with E-state index in [1.165, 1.54) is 10.5 Å². The molecule has 1 saturated carbocycles. The Kier molecular flexibility index (Phi) is 8.43. The molecule has 6 rings (SSSR count). The maximum atomic E-state index is 13.8. The molecule has 4 amide bonds. The van der Waals surface area contributed by atoms with Gasteiger partial charge in [0.05, 0.1) is 0 Å². The first-order chi connectivity index (χ1) is 19.2. The summed E-state index contributed by atoms with van der Waals surface area (Å²) in [6.45, 7) is 6.85. The van der Waals surface area contributed by atoms with Crippen LogP contribution in [0.15, 0.2) is 30.3 Å². The molecule has 226 valence electrons. The Morgan fingerprint density at radius 3 is 2.15 bits per heavy atom. The average molecular weight is 593 g/mol. The molecule has 1 aromatic carbocycles. The number of amides is 4. The van der Waals surface area contributed by atoms with Crippen LogP contribution in [0, 0.1) is 11.8 Å². The first kappa shape index (κ1) is 30.2. The number of urea groups is 1. The molecule has 41 heavy (non-hydrogen) atoms. The highest BCUT2D eigenvalue weighted by Gasteiger charge is 2.62. The van der Waals surface area contributed by atoms with Crippen molar-refractivity contribution in [3.63, 3.8) is 0 Å². The molecule has 5 aliphatic rings. The van der Waals surface area contributed by atoms with Gasteiger partial charge in [0, 0.05) is 69.5 Å². The van der Waals surface area contributed by atoms with Crippen LogP contribution in [0.4, 0.5) is 13.6 Å². The van der Waals surface area contributed by atoms with E-state index in [-0.39, 0.29) is 85.8 Å². The minimum atomic E-state index is -2.64. The number of hydrogen-bond acceptors (Lipinski definition) is 4. The van der Waals surface area contributed by atoms with E-state index >= 15 is 0 Å². The number of carbonyl (C=O) groups is 3. The summed E-state index contributed by atoms with van der Waals surface area (Å²) in [4.78, 5) is 47.9. The molecular weight excluding hydrogens is 550 g/mol. The van der Waals surface area contributed by atoms with Gasteiger partial charge >= 0.3 is 6.03 Å². The van der Waals surface area contributed by atoms with Crippen LogP contribution in [0.3, 0.4) is 0 Å². The van der Waals surface area contributed by atoms with Gasteiger partial charge in [0.2, 0.25) is 11.8 Å². The predicted molar refractivity (Wildman–Crippen MR) is 154 cm³/mol. The van der Waals surface area contributed by atoms with E-state index in [2.05, 4.69) is 17.0 Å². The third-order valence-corrected chi connectivity index (χ3v) is 10.7. The van der Waals surface area contributed by atoms with Crippen molar-refractivity contribution in [2.24, 2.45) is 11.8 Å². The first-order valence-electron chi connectivity index (χ1n) is 15.3. The van der Waals surface area contributed by atoms with Crippen molar-refractivity contribution in [3.8, 4) is 0 Å². The Morgan fingerprint density at radius 2 is 1.56 bits per heavy atom. The molecule has 1 aromatic rings. The fourth-order valence-corrected chi connectivity index (χ4v) is 8.64. The molecule has 4 saturated heterocycles. The Balaban J connectivity index is 0.00000337. The molecule has 4 heterocycles.